The van der Waals surface area contributed by atoms with Gasteiger partial charge in [-0.15, -0.1) is 0 Å². The summed E-state index contributed by atoms with van der Waals surface area (Å²) in [4.78, 5) is 21.1. The standard InChI is InChI=1S/C30H37ClFN3O/c31-27-12-11-23-28(34-27)25(32)13-15-30(23)19-33-18-24(30)29(36)35-16-14-22(20-7-3-1-4-8-20)17-26(35)21-9-5-2-6-10-21/h1,3-4,7-8,11-12,21-22,24-26,33H,2,5-6,9-10,13-19H2/t22-,24+,25-,26+,30+/m1/s1. The van der Waals surface area contributed by atoms with E-state index in [1.165, 1.54) is 37.7 Å². The Labute approximate surface area is 219 Å². The maximum atomic E-state index is 14.9. The van der Waals surface area contributed by atoms with Crippen LogP contribution in [0.5, 0.6) is 0 Å². The highest BCUT2D eigenvalue weighted by Crippen LogP contribution is 2.50. The van der Waals surface area contributed by atoms with E-state index in [-0.39, 0.29) is 17.9 Å². The summed E-state index contributed by atoms with van der Waals surface area (Å²) in [6.07, 6.45) is 8.30. The Morgan fingerprint density at radius 3 is 2.67 bits per heavy atom. The molecule has 4 nitrogen and oxygen atoms in total. The molecule has 0 unspecified atom stereocenters. The number of benzene rings is 1. The summed E-state index contributed by atoms with van der Waals surface area (Å²) in [5.41, 5.74) is 2.34. The van der Waals surface area contributed by atoms with E-state index in [0.29, 0.717) is 48.6 Å². The third kappa shape index (κ3) is 4.26. The van der Waals surface area contributed by atoms with Crippen molar-refractivity contribution in [2.75, 3.05) is 19.6 Å². The number of amides is 1. The molecule has 6 rings (SSSR count). The number of fused-ring (bicyclic) bond motifs is 2. The van der Waals surface area contributed by atoms with Crippen LogP contribution >= 0.6 is 11.6 Å². The van der Waals surface area contributed by atoms with Crippen molar-refractivity contribution in [3.8, 4) is 0 Å². The summed E-state index contributed by atoms with van der Waals surface area (Å²) >= 11 is 6.16. The Bertz CT molecular complexity index is 1090. The number of likely N-dealkylation sites (tertiary alicyclic amines) is 1. The fourth-order valence-corrected chi connectivity index (χ4v) is 8.01. The van der Waals surface area contributed by atoms with E-state index in [4.69, 9.17) is 11.6 Å². The molecule has 6 heteroatoms. The van der Waals surface area contributed by atoms with Gasteiger partial charge in [-0.2, -0.15) is 0 Å². The summed E-state index contributed by atoms with van der Waals surface area (Å²) in [5.74, 6) is 1.16. The molecular weight excluding hydrogens is 473 g/mol. The number of carbonyl (C=O) groups is 1. The van der Waals surface area contributed by atoms with Gasteiger partial charge >= 0.3 is 0 Å². The molecule has 1 amide bonds. The van der Waals surface area contributed by atoms with E-state index >= 15 is 0 Å². The van der Waals surface area contributed by atoms with Gasteiger partial charge in [-0.1, -0.05) is 67.3 Å². The highest BCUT2D eigenvalue weighted by atomic mass is 35.5. The van der Waals surface area contributed by atoms with Gasteiger partial charge in [-0.25, -0.2) is 9.37 Å². The van der Waals surface area contributed by atoms with Crippen LogP contribution in [0.25, 0.3) is 0 Å². The minimum absolute atomic E-state index is 0.189. The zero-order valence-electron chi connectivity index (χ0n) is 21.0. The zero-order valence-corrected chi connectivity index (χ0v) is 21.7. The topological polar surface area (TPSA) is 45.2 Å². The predicted octanol–water partition coefficient (Wildman–Crippen LogP) is 6.35. The molecule has 36 heavy (non-hydrogen) atoms. The summed E-state index contributed by atoms with van der Waals surface area (Å²) in [6, 6.07) is 14.8. The van der Waals surface area contributed by atoms with Crippen LogP contribution < -0.4 is 5.32 Å². The maximum Gasteiger partial charge on any atom is 0.228 e. The molecule has 192 valence electrons. The number of nitrogens with one attached hydrogen (secondary N) is 1. The second kappa shape index (κ2) is 10.1. The number of nitrogens with zero attached hydrogens (tertiary/aromatic N) is 2. The first kappa shape index (κ1) is 24.4. The van der Waals surface area contributed by atoms with Gasteiger partial charge < -0.3 is 10.2 Å². The molecule has 0 bridgehead atoms. The lowest BCUT2D eigenvalue weighted by Gasteiger charge is -2.48. The summed E-state index contributed by atoms with van der Waals surface area (Å²) in [5, 5.41) is 3.84. The molecule has 2 aromatic rings. The smallest absolute Gasteiger partial charge is 0.228 e. The SMILES string of the molecule is O=C([C@@H]1CNC[C@]12CC[C@@H](F)c1nc(Cl)ccc12)N1CC[C@@H](c2ccccc2)C[C@H]1C1CCCCC1. The first-order chi connectivity index (χ1) is 17.6. The van der Waals surface area contributed by atoms with Gasteiger partial charge in [-0.05, 0) is 67.6 Å². The Hall–Kier alpha value is -1.98. The molecule has 1 spiro atoms. The van der Waals surface area contributed by atoms with Crippen molar-refractivity contribution in [1.82, 2.24) is 15.2 Å². The van der Waals surface area contributed by atoms with E-state index in [2.05, 4.69) is 45.5 Å². The molecule has 1 aromatic carbocycles. The van der Waals surface area contributed by atoms with Crippen molar-refractivity contribution in [1.29, 1.82) is 0 Å². The molecule has 0 radical (unpaired) electrons. The lowest BCUT2D eigenvalue weighted by Crippen LogP contribution is -2.55. The molecule has 1 saturated carbocycles. The van der Waals surface area contributed by atoms with Gasteiger partial charge in [0.05, 0.1) is 11.6 Å². The zero-order chi connectivity index (χ0) is 24.7. The first-order valence-corrected chi connectivity index (χ1v) is 14.3. The van der Waals surface area contributed by atoms with Crippen LogP contribution in [-0.2, 0) is 10.2 Å². The van der Waals surface area contributed by atoms with Crippen LogP contribution in [0.1, 0.15) is 86.7 Å². The fourth-order valence-electron chi connectivity index (χ4n) is 7.86. The van der Waals surface area contributed by atoms with Crippen LogP contribution in [0.15, 0.2) is 42.5 Å². The Morgan fingerprint density at radius 2 is 1.86 bits per heavy atom. The van der Waals surface area contributed by atoms with E-state index in [1.54, 1.807) is 6.07 Å². The monoisotopic (exact) mass is 509 g/mol. The van der Waals surface area contributed by atoms with Crippen LogP contribution in [0, 0.1) is 11.8 Å². The quantitative estimate of drug-likeness (QED) is 0.490. The van der Waals surface area contributed by atoms with Gasteiger partial charge in [-0.3, -0.25) is 4.79 Å². The van der Waals surface area contributed by atoms with Gasteiger partial charge in [0.15, 0.2) is 0 Å². The van der Waals surface area contributed by atoms with Gasteiger partial charge in [0.2, 0.25) is 5.91 Å². The van der Waals surface area contributed by atoms with Crippen molar-refractivity contribution in [2.45, 2.75) is 81.3 Å². The number of hydrogen-bond donors (Lipinski definition) is 1. The average molecular weight is 510 g/mol. The second-order valence-corrected chi connectivity index (χ2v) is 11.9. The molecule has 3 heterocycles. The molecule has 1 aromatic heterocycles. The first-order valence-electron chi connectivity index (χ1n) is 13.9. The predicted molar refractivity (Wildman–Crippen MR) is 141 cm³/mol. The number of piperidine rings is 1. The number of aromatic nitrogens is 1. The number of rotatable bonds is 3. The van der Waals surface area contributed by atoms with Crippen LogP contribution in [-0.4, -0.2) is 41.5 Å². The third-order valence-corrected chi connectivity index (χ3v) is 9.93. The lowest BCUT2D eigenvalue weighted by molar-refractivity contribution is -0.143. The van der Waals surface area contributed by atoms with Crippen molar-refractivity contribution in [3.63, 3.8) is 0 Å². The van der Waals surface area contributed by atoms with E-state index in [9.17, 15) is 9.18 Å². The molecule has 5 atom stereocenters. The Balaban J connectivity index is 1.31. The highest BCUT2D eigenvalue weighted by molar-refractivity contribution is 6.29. The van der Waals surface area contributed by atoms with E-state index in [1.807, 2.05) is 6.07 Å². The van der Waals surface area contributed by atoms with Crippen molar-refractivity contribution in [3.05, 3.63) is 64.4 Å². The minimum Gasteiger partial charge on any atom is -0.339 e. The van der Waals surface area contributed by atoms with Crippen LogP contribution in [0.3, 0.4) is 0 Å². The second-order valence-electron chi connectivity index (χ2n) is 11.5. The molecule has 2 aliphatic heterocycles. The van der Waals surface area contributed by atoms with Crippen LogP contribution in [0.4, 0.5) is 4.39 Å². The van der Waals surface area contributed by atoms with Gasteiger partial charge in [0, 0.05) is 31.1 Å². The number of halogens is 2. The van der Waals surface area contributed by atoms with Crippen LogP contribution in [0.2, 0.25) is 5.15 Å². The van der Waals surface area contributed by atoms with Crippen molar-refractivity contribution >= 4 is 17.5 Å². The molecule has 2 aliphatic carbocycles. The Kier molecular flexibility index (Phi) is 6.81. The minimum atomic E-state index is -1.11. The van der Waals surface area contributed by atoms with Crippen molar-refractivity contribution in [2.24, 2.45) is 11.8 Å². The largest absolute Gasteiger partial charge is 0.339 e. The molecule has 1 N–H and O–H groups in total. The maximum absolute atomic E-state index is 14.9. The summed E-state index contributed by atoms with van der Waals surface area (Å²) < 4.78 is 14.9. The molecule has 3 fully saturated rings. The van der Waals surface area contributed by atoms with E-state index in [0.717, 1.165) is 24.9 Å². The summed E-state index contributed by atoms with van der Waals surface area (Å²) in [7, 11) is 0. The van der Waals surface area contributed by atoms with Gasteiger partial charge in [0.1, 0.15) is 11.3 Å². The lowest BCUT2D eigenvalue weighted by atomic mass is 9.64. The van der Waals surface area contributed by atoms with Gasteiger partial charge in [0.25, 0.3) is 0 Å². The highest BCUT2D eigenvalue weighted by Gasteiger charge is 2.54. The molecule has 2 saturated heterocycles. The average Bonchev–Trinajstić information content (AvgIpc) is 3.35. The van der Waals surface area contributed by atoms with Crippen molar-refractivity contribution < 1.29 is 9.18 Å². The summed E-state index contributed by atoms with van der Waals surface area (Å²) in [6.45, 7) is 2.15. The number of carbonyl (C=O) groups excluding carboxylic acids is 1. The Morgan fingerprint density at radius 1 is 1.06 bits per heavy atom. The van der Waals surface area contributed by atoms with E-state index < -0.39 is 11.6 Å². The number of hydrogen-bond acceptors (Lipinski definition) is 3. The molecule has 4 aliphatic rings. The number of alkyl halides is 1. The normalized spacial score (nSPS) is 33.0. The fraction of sp³-hybridized carbons (Fsp3) is 0.600. The molecular formula is C30H37ClFN3O. The third-order valence-electron chi connectivity index (χ3n) is 9.71. The number of pyridine rings is 1.